The van der Waals surface area contributed by atoms with E-state index < -0.39 is 0 Å². The van der Waals surface area contributed by atoms with Crippen molar-refractivity contribution >= 4 is 23.1 Å². The summed E-state index contributed by atoms with van der Waals surface area (Å²) < 4.78 is 1.08. The van der Waals surface area contributed by atoms with Crippen molar-refractivity contribution in [2.45, 2.75) is 38.0 Å². The zero-order valence-electron chi connectivity index (χ0n) is 9.62. The number of rotatable bonds is 6. The molecule has 1 heterocycles. The number of aryl methyl sites for hydroxylation is 1. The molecular formula is C10H19N3S2. The average Bonchev–Trinajstić information content (AvgIpc) is 2.59. The van der Waals surface area contributed by atoms with Gasteiger partial charge in [0.25, 0.3) is 0 Å². The highest BCUT2D eigenvalue weighted by Gasteiger charge is 2.14. The highest BCUT2D eigenvalue weighted by atomic mass is 32.2. The molecule has 0 bridgehead atoms. The quantitative estimate of drug-likeness (QED) is 0.618. The predicted molar refractivity (Wildman–Crippen MR) is 67.4 cm³/mol. The van der Waals surface area contributed by atoms with E-state index in [1.807, 2.05) is 6.92 Å². The Hall–Kier alpha value is -0.130. The van der Waals surface area contributed by atoms with E-state index in [1.54, 1.807) is 23.1 Å². The van der Waals surface area contributed by atoms with Gasteiger partial charge in [-0.25, -0.2) is 0 Å². The van der Waals surface area contributed by atoms with Crippen LogP contribution in [0.2, 0.25) is 0 Å². The molecule has 15 heavy (non-hydrogen) atoms. The first-order chi connectivity index (χ1) is 7.03. The van der Waals surface area contributed by atoms with Crippen molar-refractivity contribution in [1.82, 2.24) is 10.2 Å². The first kappa shape index (κ1) is 12.9. The molecule has 0 aliphatic rings. The van der Waals surface area contributed by atoms with Crippen molar-refractivity contribution in [2.24, 2.45) is 11.1 Å². The van der Waals surface area contributed by atoms with Crippen molar-refractivity contribution in [3.05, 3.63) is 5.01 Å². The summed E-state index contributed by atoms with van der Waals surface area (Å²) in [6, 6.07) is 0. The van der Waals surface area contributed by atoms with Crippen LogP contribution in [-0.2, 0) is 0 Å². The van der Waals surface area contributed by atoms with E-state index >= 15 is 0 Å². The van der Waals surface area contributed by atoms with E-state index in [1.165, 1.54) is 12.8 Å². The van der Waals surface area contributed by atoms with Crippen LogP contribution in [-0.4, -0.2) is 22.5 Å². The van der Waals surface area contributed by atoms with Gasteiger partial charge >= 0.3 is 0 Å². The molecule has 0 aliphatic carbocycles. The van der Waals surface area contributed by atoms with Crippen LogP contribution in [0.4, 0.5) is 0 Å². The number of hydrogen-bond acceptors (Lipinski definition) is 5. The van der Waals surface area contributed by atoms with Gasteiger partial charge in [-0.1, -0.05) is 36.9 Å². The minimum absolute atomic E-state index is 0.275. The van der Waals surface area contributed by atoms with Crippen LogP contribution >= 0.6 is 23.1 Å². The minimum atomic E-state index is 0.275. The van der Waals surface area contributed by atoms with Gasteiger partial charge < -0.3 is 5.73 Å². The Kier molecular flexibility index (Phi) is 5.02. The summed E-state index contributed by atoms with van der Waals surface area (Å²) >= 11 is 3.46. The Balaban J connectivity index is 2.17. The van der Waals surface area contributed by atoms with Crippen LogP contribution in [0.5, 0.6) is 0 Å². The van der Waals surface area contributed by atoms with E-state index in [-0.39, 0.29) is 5.41 Å². The molecule has 1 aromatic heterocycles. The van der Waals surface area contributed by atoms with Gasteiger partial charge in [-0.3, -0.25) is 0 Å². The topological polar surface area (TPSA) is 51.8 Å². The third kappa shape index (κ3) is 4.95. The van der Waals surface area contributed by atoms with Crippen molar-refractivity contribution in [3.63, 3.8) is 0 Å². The average molecular weight is 245 g/mol. The fourth-order valence-corrected chi connectivity index (χ4v) is 2.97. The maximum atomic E-state index is 5.68. The molecular weight excluding hydrogens is 226 g/mol. The van der Waals surface area contributed by atoms with Crippen LogP contribution in [0, 0.1) is 12.3 Å². The van der Waals surface area contributed by atoms with Crippen LogP contribution in [0.15, 0.2) is 4.34 Å². The Bertz CT molecular complexity index is 297. The van der Waals surface area contributed by atoms with Crippen molar-refractivity contribution in [2.75, 3.05) is 12.3 Å². The second kappa shape index (κ2) is 5.82. The van der Waals surface area contributed by atoms with Crippen molar-refractivity contribution in [1.29, 1.82) is 0 Å². The SMILES string of the molecule is Cc1nnc(SCCCC(C)(C)CN)s1. The molecule has 86 valence electrons. The van der Waals surface area contributed by atoms with Gasteiger partial charge in [-0.2, -0.15) is 0 Å². The van der Waals surface area contributed by atoms with Crippen molar-refractivity contribution < 1.29 is 0 Å². The van der Waals surface area contributed by atoms with Gasteiger partial charge in [0.1, 0.15) is 5.01 Å². The molecule has 0 fully saturated rings. The molecule has 3 nitrogen and oxygen atoms in total. The summed E-state index contributed by atoms with van der Waals surface area (Å²) in [4.78, 5) is 0. The minimum Gasteiger partial charge on any atom is -0.330 e. The molecule has 0 aromatic carbocycles. The highest BCUT2D eigenvalue weighted by Crippen LogP contribution is 2.26. The molecule has 0 spiro atoms. The lowest BCUT2D eigenvalue weighted by atomic mass is 9.88. The van der Waals surface area contributed by atoms with E-state index in [0.717, 1.165) is 21.6 Å². The van der Waals surface area contributed by atoms with Gasteiger partial charge in [-0.05, 0) is 31.7 Å². The Morgan fingerprint density at radius 3 is 2.67 bits per heavy atom. The number of hydrogen-bond donors (Lipinski definition) is 1. The fraction of sp³-hybridized carbons (Fsp3) is 0.800. The summed E-state index contributed by atoms with van der Waals surface area (Å²) in [7, 11) is 0. The largest absolute Gasteiger partial charge is 0.330 e. The molecule has 0 amide bonds. The smallest absolute Gasteiger partial charge is 0.174 e. The maximum Gasteiger partial charge on any atom is 0.174 e. The zero-order chi connectivity index (χ0) is 11.3. The summed E-state index contributed by atoms with van der Waals surface area (Å²) in [5.74, 6) is 1.11. The fourth-order valence-electron chi connectivity index (χ4n) is 1.15. The third-order valence-corrected chi connectivity index (χ3v) is 4.34. The van der Waals surface area contributed by atoms with Crippen LogP contribution in [0.1, 0.15) is 31.7 Å². The summed E-state index contributed by atoms with van der Waals surface area (Å²) in [6.07, 6.45) is 2.36. The molecule has 0 aliphatic heterocycles. The standard InChI is InChI=1S/C10H19N3S2/c1-8-12-13-9(15-8)14-6-4-5-10(2,3)7-11/h4-7,11H2,1-3H3. The lowest BCUT2D eigenvalue weighted by Crippen LogP contribution is -2.23. The number of thioether (sulfide) groups is 1. The number of aromatic nitrogens is 2. The highest BCUT2D eigenvalue weighted by molar-refractivity contribution is 8.01. The lowest BCUT2D eigenvalue weighted by Gasteiger charge is -2.21. The molecule has 5 heteroatoms. The molecule has 1 rings (SSSR count). The zero-order valence-corrected chi connectivity index (χ0v) is 11.2. The maximum absolute atomic E-state index is 5.68. The normalized spacial score (nSPS) is 12.0. The third-order valence-electron chi connectivity index (χ3n) is 2.28. The van der Waals surface area contributed by atoms with Crippen molar-refractivity contribution in [3.8, 4) is 0 Å². The van der Waals surface area contributed by atoms with Crippen LogP contribution < -0.4 is 5.73 Å². The van der Waals surface area contributed by atoms with Gasteiger partial charge in [-0.15, -0.1) is 10.2 Å². The van der Waals surface area contributed by atoms with Gasteiger partial charge in [0, 0.05) is 5.75 Å². The number of nitrogens with two attached hydrogens (primary N) is 1. The van der Waals surface area contributed by atoms with Gasteiger partial charge in [0.2, 0.25) is 0 Å². The van der Waals surface area contributed by atoms with E-state index in [0.29, 0.717) is 0 Å². The van der Waals surface area contributed by atoms with Gasteiger partial charge in [0.05, 0.1) is 0 Å². The van der Waals surface area contributed by atoms with E-state index in [4.69, 9.17) is 5.73 Å². The molecule has 1 aromatic rings. The summed E-state index contributed by atoms with van der Waals surface area (Å²) in [6.45, 7) is 7.17. The molecule has 0 atom stereocenters. The molecule has 0 radical (unpaired) electrons. The second-order valence-corrected chi connectivity index (χ2v) is 6.93. The first-order valence-corrected chi connectivity index (χ1v) is 6.97. The summed E-state index contributed by atoms with van der Waals surface area (Å²) in [5.41, 5.74) is 5.95. The van der Waals surface area contributed by atoms with Gasteiger partial charge in [0.15, 0.2) is 4.34 Å². The molecule has 2 N–H and O–H groups in total. The second-order valence-electron chi connectivity index (χ2n) is 4.41. The Morgan fingerprint density at radius 2 is 2.13 bits per heavy atom. The molecule has 0 saturated heterocycles. The predicted octanol–water partition coefficient (Wildman–Crippen LogP) is 2.70. The lowest BCUT2D eigenvalue weighted by molar-refractivity contribution is 0.345. The molecule has 0 unspecified atom stereocenters. The molecule has 0 saturated carbocycles. The van der Waals surface area contributed by atoms with E-state index in [2.05, 4.69) is 24.0 Å². The Labute approximate surface area is 99.9 Å². The van der Waals surface area contributed by atoms with Crippen LogP contribution in [0.3, 0.4) is 0 Å². The van der Waals surface area contributed by atoms with Crippen LogP contribution in [0.25, 0.3) is 0 Å². The Morgan fingerprint density at radius 1 is 1.40 bits per heavy atom. The van der Waals surface area contributed by atoms with E-state index in [9.17, 15) is 0 Å². The summed E-state index contributed by atoms with van der Waals surface area (Å²) in [5, 5.41) is 9.11. The number of nitrogens with zero attached hydrogens (tertiary/aromatic N) is 2. The first-order valence-electron chi connectivity index (χ1n) is 5.16. The monoisotopic (exact) mass is 245 g/mol.